The lowest BCUT2D eigenvalue weighted by Crippen LogP contribution is -2.34. The van der Waals surface area contributed by atoms with Crippen LogP contribution in [0.25, 0.3) is 0 Å². The Balaban J connectivity index is 2.07. The topological polar surface area (TPSA) is 62.2 Å². The van der Waals surface area contributed by atoms with Crippen molar-refractivity contribution in [3.63, 3.8) is 0 Å². The van der Waals surface area contributed by atoms with Gasteiger partial charge in [-0.15, -0.1) is 11.3 Å². The first-order chi connectivity index (χ1) is 7.16. The van der Waals surface area contributed by atoms with E-state index in [4.69, 9.17) is 16.7 Å². The molecule has 0 spiro atoms. The molecule has 2 unspecified atom stereocenters. The minimum atomic E-state index is -0.718. The van der Waals surface area contributed by atoms with E-state index in [1.165, 1.54) is 11.3 Å². The highest BCUT2D eigenvalue weighted by Crippen LogP contribution is 2.30. The van der Waals surface area contributed by atoms with Crippen molar-refractivity contribution < 1.29 is 9.90 Å². The van der Waals surface area contributed by atoms with Crippen LogP contribution in [0.1, 0.15) is 23.9 Å². The lowest BCUT2D eigenvalue weighted by atomic mass is 9.93. The summed E-state index contributed by atoms with van der Waals surface area (Å²) in [7, 11) is 0. The number of thiazole rings is 1. The van der Waals surface area contributed by atoms with E-state index in [9.17, 15) is 4.79 Å². The van der Waals surface area contributed by atoms with Gasteiger partial charge in [-0.05, 0) is 19.4 Å². The Hall–Kier alpha value is -0.650. The molecule has 1 aliphatic rings. The van der Waals surface area contributed by atoms with Crippen LogP contribution in [-0.2, 0) is 4.79 Å². The standard InChI is InChI=1S/C9H11ClN2O2S/c10-7-4-15-8(12-7)6-3-5(9(13)14)1-2-11-6/h4-6,11H,1-3H2,(H,13,14). The normalized spacial score (nSPS) is 26.5. The van der Waals surface area contributed by atoms with E-state index >= 15 is 0 Å². The molecule has 1 fully saturated rings. The predicted molar refractivity (Wildman–Crippen MR) is 58.2 cm³/mol. The molecular weight excluding hydrogens is 236 g/mol. The largest absolute Gasteiger partial charge is 0.481 e. The summed E-state index contributed by atoms with van der Waals surface area (Å²) in [4.78, 5) is 15.0. The molecule has 4 nitrogen and oxygen atoms in total. The molecule has 1 aromatic heterocycles. The SMILES string of the molecule is O=C(O)C1CCNC(c2nc(Cl)cs2)C1. The van der Waals surface area contributed by atoms with Gasteiger partial charge in [0.1, 0.15) is 10.2 Å². The summed E-state index contributed by atoms with van der Waals surface area (Å²) in [5.41, 5.74) is 0. The second-order valence-corrected chi connectivity index (χ2v) is 4.85. The number of hydrogen-bond acceptors (Lipinski definition) is 4. The number of piperidine rings is 1. The van der Waals surface area contributed by atoms with Crippen molar-refractivity contribution in [2.75, 3.05) is 6.54 Å². The maximum Gasteiger partial charge on any atom is 0.306 e. The average Bonchev–Trinajstić information content (AvgIpc) is 2.65. The number of halogens is 1. The fourth-order valence-corrected chi connectivity index (χ4v) is 2.80. The Labute approximate surface area is 96.3 Å². The van der Waals surface area contributed by atoms with Gasteiger partial charge in [0.15, 0.2) is 0 Å². The first-order valence-corrected chi connectivity index (χ1v) is 5.99. The van der Waals surface area contributed by atoms with E-state index in [1.807, 2.05) is 0 Å². The molecular formula is C9H11ClN2O2S. The lowest BCUT2D eigenvalue weighted by molar-refractivity contribution is -0.143. The Morgan fingerprint density at radius 2 is 2.53 bits per heavy atom. The second-order valence-electron chi connectivity index (χ2n) is 3.57. The third-order valence-electron chi connectivity index (χ3n) is 2.55. The summed E-state index contributed by atoms with van der Waals surface area (Å²) < 4.78 is 0. The summed E-state index contributed by atoms with van der Waals surface area (Å²) in [5.74, 6) is -0.983. The molecule has 2 heterocycles. The van der Waals surface area contributed by atoms with Crippen LogP contribution in [-0.4, -0.2) is 22.6 Å². The first kappa shape index (κ1) is 10.9. The van der Waals surface area contributed by atoms with E-state index in [-0.39, 0.29) is 12.0 Å². The van der Waals surface area contributed by atoms with E-state index in [1.54, 1.807) is 5.38 Å². The molecule has 1 aromatic rings. The third-order valence-corrected chi connectivity index (χ3v) is 3.83. The number of rotatable bonds is 2. The van der Waals surface area contributed by atoms with Gasteiger partial charge in [0, 0.05) is 5.38 Å². The molecule has 0 radical (unpaired) electrons. The van der Waals surface area contributed by atoms with Gasteiger partial charge in [-0.1, -0.05) is 11.6 Å². The average molecular weight is 247 g/mol. The Bertz CT molecular complexity index is 369. The molecule has 0 saturated carbocycles. The fraction of sp³-hybridized carbons (Fsp3) is 0.556. The lowest BCUT2D eigenvalue weighted by Gasteiger charge is -2.26. The van der Waals surface area contributed by atoms with Gasteiger partial charge in [-0.3, -0.25) is 4.79 Å². The number of nitrogens with one attached hydrogen (secondary N) is 1. The zero-order valence-electron chi connectivity index (χ0n) is 7.94. The summed E-state index contributed by atoms with van der Waals surface area (Å²) in [6, 6.07) is 0.0392. The number of carbonyl (C=O) groups is 1. The number of carboxylic acids is 1. The molecule has 82 valence electrons. The highest BCUT2D eigenvalue weighted by Gasteiger charge is 2.28. The highest BCUT2D eigenvalue weighted by molar-refractivity contribution is 7.10. The number of aliphatic carboxylic acids is 1. The van der Waals surface area contributed by atoms with Crippen LogP contribution in [0.3, 0.4) is 0 Å². The smallest absolute Gasteiger partial charge is 0.306 e. The Morgan fingerprint density at radius 3 is 3.13 bits per heavy atom. The van der Waals surface area contributed by atoms with E-state index in [0.29, 0.717) is 18.0 Å². The second kappa shape index (κ2) is 4.47. The molecule has 1 saturated heterocycles. The first-order valence-electron chi connectivity index (χ1n) is 4.74. The molecule has 15 heavy (non-hydrogen) atoms. The molecule has 0 amide bonds. The maximum atomic E-state index is 10.9. The van der Waals surface area contributed by atoms with Crippen molar-refractivity contribution in [2.24, 2.45) is 5.92 Å². The maximum absolute atomic E-state index is 10.9. The van der Waals surface area contributed by atoms with Gasteiger partial charge in [0.2, 0.25) is 0 Å². The van der Waals surface area contributed by atoms with Crippen molar-refractivity contribution in [3.05, 3.63) is 15.5 Å². The predicted octanol–water partition coefficient (Wildman–Crippen LogP) is 1.92. The Kier molecular flexibility index (Phi) is 3.23. The third kappa shape index (κ3) is 2.48. The summed E-state index contributed by atoms with van der Waals surface area (Å²) in [6.07, 6.45) is 1.28. The Morgan fingerprint density at radius 1 is 1.73 bits per heavy atom. The fourth-order valence-electron chi connectivity index (χ4n) is 1.76. The van der Waals surface area contributed by atoms with Crippen molar-refractivity contribution in [1.29, 1.82) is 0 Å². The van der Waals surface area contributed by atoms with Crippen LogP contribution >= 0.6 is 22.9 Å². The minimum absolute atomic E-state index is 0.0392. The molecule has 2 N–H and O–H groups in total. The van der Waals surface area contributed by atoms with Crippen LogP contribution in [0.5, 0.6) is 0 Å². The monoisotopic (exact) mass is 246 g/mol. The number of carboxylic acid groups (broad SMARTS) is 1. The molecule has 2 atom stereocenters. The molecule has 2 rings (SSSR count). The van der Waals surface area contributed by atoms with Crippen molar-refractivity contribution in [1.82, 2.24) is 10.3 Å². The molecule has 0 bridgehead atoms. The zero-order valence-corrected chi connectivity index (χ0v) is 9.51. The van der Waals surface area contributed by atoms with Crippen LogP contribution in [0.4, 0.5) is 0 Å². The van der Waals surface area contributed by atoms with Gasteiger partial charge in [-0.2, -0.15) is 0 Å². The van der Waals surface area contributed by atoms with Gasteiger partial charge in [0.05, 0.1) is 12.0 Å². The van der Waals surface area contributed by atoms with Gasteiger partial charge >= 0.3 is 5.97 Å². The zero-order chi connectivity index (χ0) is 10.8. The quantitative estimate of drug-likeness (QED) is 0.837. The summed E-state index contributed by atoms with van der Waals surface area (Å²) >= 11 is 7.21. The van der Waals surface area contributed by atoms with Gasteiger partial charge in [-0.25, -0.2) is 4.98 Å². The van der Waals surface area contributed by atoms with Crippen LogP contribution in [0.15, 0.2) is 5.38 Å². The number of aromatic nitrogens is 1. The van der Waals surface area contributed by atoms with E-state index < -0.39 is 5.97 Å². The van der Waals surface area contributed by atoms with Crippen LogP contribution < -0.4 is 5.32 Å². The number of nitrogens with zero attached hydrogens (tertiary/aromatic N) is 1. The molecule has 0 aliphatic carbocycles. The number of hydrogen-bond donors (Lipinski definition) is 2. The molecule has 0 aromatic carbocycles. The minimum Gasteiger partial charge on any atom is -0.481 e. The summed E-state index contributed by atoms with van der Waals surface area (Å²) in [5, 5.41) is 15.3. The molecule has 6 heteroatoms. The van der Waals surface area contributed by atoms with Crippen LogP contribution in [0.2, 0.25) is 5.15 Å². The van der Waals surface area contributed by atoms with Crippen molar-refractivity contribution >= 4 is 28.9 Å². The molecule has 1 aliphatic heterocycles. The van der Waals surface area contributed by atoms with Crippen molar-refractivity contribution in [3.8, 4) is 0 Å². The van der Waals surface area contributed by atoms with Crippen molar-refractivity contribution in [2.45, 2.75) is 18.9 Å². The van der Waals surface area contributed by atoms with Crippen LogP contribution in [0, 0.1) is 5.92 Å². The van der Waals surface area contributed by atoms with Gasteiger partial charge in [0.25, 0.3) is 0 Å². The van der Waals surface area contributed by atoms with E-state index in [2.05, 4.69) is 10.3 Å². The van der Waals surface area contributed by atoms with E-state index in [0.717, 1.165) is 11.6 Å². The summed E-state index contributed by atoms with van der Waals surface area (Å²) in [6.45, 7) is 0.721. The van der Waals surface area contributed by atoms with Gasteiger partial charge < -0.3 is 10.4 Å². The highest BCUT2D eigenvalue weighted by atomic mass is 35.5.